The smallest absolute Gasteiger partial charge is 0.0523 e. The summed E-state index contributed by atoms with van der Waals surface area (Å²) in [6, 6.07) is 0. The average Bonchev–Trinajstić information content (AvgIpc) is 2.37. The molecule has 26 heavy (non-hydrogen) atoms. The van der Waals surface area contributed by atoms with Gasteiger partial charge in [-0.1, -0.05) is 20.8 Å². The molecule has 0 atom stereocenters. The summed E-state index contributed by atoms with van der Waals surface area (Å²) in [7, 11) is 16.3. The molecule has 10 heteroatoms. The molecule has 1 aliphatic rings. The van der Waals surface area contributed by atoms with Crippen molar-refractivity contribution in [1.29, 1.82) is 0 Å². The first kappa shape index (κ1) is 34.5. The first-order valence-electron chi connectivity index (χ1n) is 8.00. The van der Waals surface area contributed by atoms with Gasteiger partial charge >= 0.3 is 0 Å². The van der Waals surface area contributed by atoms with Gasteiger partial charge in [-0.25, -0.2) is 0 Å². The zero-order valence-corrected chi connectivity index (χ0v) is 22.7. The van der Waals surface area contributed by atoms with E-state index >= 15 is 0 Å². The van der Waals surface area contributed by atoms with Crippen LogP contribution in [0, 0.1) is 0 Å². The summed E-state index contributed by atoms with van der Waals surface area (Å²) in [5.41, 5.74) is 0. The molecule has 0 unspecified atom stereocenters. The molecule has 0 amide bonds. The van der Waals surface area contributed by atoms with Gasteiger partial charge in [0.25, 0.3) is 0 Å². The van der Waals surface area contributed by atoms with Crippen LogP contribution in [0.2, 0.25) is 0 Å². The van der Waals surface area contributed by atoms with Crippen LogP contribution in [0.25, 0.3) is 10.6 Å². The molecule has 1 heterocycles. The summed E-state index contributed by atoms with van der Waals surface area (Å²) in [5.74, 6) is 0. The fourth-order valence-corrected chi connectivity index (χ4v) is 2.81. The maximum Gasteiger partial charge on any atom is 0.0523 e. The van der Waals surface area contributed by atoms with Crippen molar-refractivity contribution in [3.8, 4) is 0 Å². The molecular weight excluding hydrogens is 677 g/mol. The van der Waals surface area contributed by atoms with E-state index in [1.165, 1.54) is 0 Å². The first-order valence-corrected chi connectivity index (χ1v) is 8.00. The van der Waals surface area contributed by atoms with E-state index in [4.69, 9.17) is 0 Å². The zero-order chi connectivity index (χ0) is 17.8. The van der Waals surface area contributed by atoms with Gasteiger partial charge < -0.3 is 20.4 Å². The third kappa shape index (κ3) is 19.8. The van der Waals surface area contributed by atoms with Crippen LogP contribution in [0.4, 0.5) is 0 Å². The predicted molar refractivity (Wildman–Crippen MR) is 106 cm³/mol. The summed E-state index contributed by atoms with van der Waals surface area (Å²) in [4.78, 5) is 13.5. The van der Waals surface area contributed by atoms with Gasteiger partial charge in [-0.15, -0.1) is 0 Å². The van der Waals surface area contributed by atoms with E-state index in [2.05, 4.69) is 68.2 Å². The van der Waals surface area contributed by atoms with E-state index in [9.17, 15) is 0 Å². The second kappa shape index (κ2) is 20.7. The van der Waals surface area contributed by atoms with E-state index in [-0.39, 0.29) is 48.3 Å². The van der Waals surface area contributed by atoms with Gasteiger partial charge in [0, 0.05) is 47.5 Å². The maximum atomic E-state index is 4.02. The molecule has 0 aliphatic carbocycles. The number of nitrogens with zero attached hydrogens (tertiary/aromatic N) is 8. The van der Waals surface area contributed by atoms with Crippen molar-refractivity contribution >= 4 is 0 Å². The molecule has 0 spiro atoms. The fourth-order valence-electron chi connectivity index (χ4n) is 2.81. The van der Waals surface area contributed by atoms with Crippen molar-refractivity contribution in [1.82, 2.24) is 29.4 Å². The number of hydrogen-bond donors (Lipinski definition) is 0. The third-order valence-electron chi connectivity index (χ3n) is 3.18. The molecule has 0 aromatic heterocycles. The Labute approximate surface area is 190 Å². The van der Waals surface area contributed by atoms with Gasteiger partial charge in [0.2, 0.25) is 0 Å². The molecule has 0 aromatic carbocycles. The van der Waals surface area contributed by atoms with Gasteiger partial charge in [-0.2, -0.15) is 14.1 Å². The Balaban J connectivity index is -0.000000168. The van der Waals surface area contributed by atoms with E-state index in [0.717, 1.165) is 46.7 Å². The van der Waals surface area contributed by atoms with Crippen LogP contribution in [0.5, 0.6) is 0 Å². The van der Waals surface area contributed by atoms with Crippen molar-refractivity contribution in [3.05, 3.63) is 10.6 Å². The molecule has 162 valence electrons. The van der Waals surface area contributed by atoms with E-state index < -0.39 is 0 Å². The number of rotatable bonds is 6. The molecule has 0 bridgehead atoms. The van der Waals surface area contributed by atoms with Crippen LogP contribution in [-0.2, 0) is 40.8 Å². The van der Waals surface area contributed by atoms with Crippen LogP contribution in [0.1, 0.15) is 7.43 Å². The predicted octanol–water partition coefficient (Wildman–Crippen LogP) is 0.918. The molecular formula is C16H42N8Re2-2. The molecule has 1 fully saturated rings. The summed E-state index contributed by atoms with van der Waals surface area (Å²) >= 11 is 0. The van der Waals surface area contributed by atoms with E-state index in [1.54, 1.807) is 0 Å². The van der Waals surface area contributed by atoms with Crippen LogP contribution in [-0.4, -0.2) is 132 Å². The molecule has 0 aromatic rings. The topological polar surface area (TPSA) is 47.6 Å². The molecule has 0 N–H and O–H groups in total. The normalized spacial score (nSPS) is 17.3. The van der Waals surface area contributed by atoms with Gasteiger partial charge in [0.05, 0.1) is 26.7 Å². The van der Waals surface area contributed by atoms with E-state index in [0.29, 0.717) is 0 Å². The molecule has 1 saturated heterocycles. The third-order valence-corrected chi connectivity index (χ3v) is 3.18. The monoisotopic (exact) mass is 720 g/mol. The first-order chi connectivity index (χ1) is 10.8. The van der Waals surface area contributed by atoms with Crippen molar-refractivity contribution in [2.24, 2.45) is 0 Å². The number of hydrogen-bond acceptors (Lipinski definition) is 6. The largest absolute Gasteiger partial charge is 0.653 e. The summed E-state index contributed by atoms with van der Waals surface area (Å²) in [6.07, 6.45) is 0. The van der Waals surface area contributed by atoms with Gasteiger partial charge in [-0.05, 0) is 42.3 Å². The minimum Gasteiger partial charge on any atom is -0.653 e. The molecule has 8 nitrogen and oxygen atoms in total. The summed E-state index contributed by atoms with van der Waals surface area (Å²) in [5, 5.41) is 8.03. The summed E-state index contributed by atoms with van der Waals surface area (Å²) in [6.45, 7) is 6.63. The fraction of sp³-hybridized carbons (Fsp3) is 1.00. The van der Waals surface area contributed by atoms with Crippen LogP contribution >= 0.6 is 0 Å². The Morgan fingerprint density at radius 2 is 0.885 bits per heavy atom. The standard InChI is InChI=1S/C8H20N4.C7H18N4.CH4.2Re/c1-9-5-10(2)7-12(4)8-11(3)6-9;1-8-5-10(3)7-11(4)6-9-2;;;/h5-8H2,1-4H3;5-7H2,1-4H3;1H4;;/q;-2;;;. The van der Waals surface area contributed by atoms with Crippen molar-refractivity contribution in [3.63, 3.8) is 0 Å². The van der Waals surface area contributed by atoms with Crippen molar-refractivity contribution in [2.75, 3.05) is 103 Å². The minimum atomic E-state index is 0. The summed E-state index contributed by atoms with van der Waals surface area (Å²) < 4.78 is 0. The Kier molecular flexibility index (Phi) is 27.5. The Bertz CT molecular complexity index is 239. The molecule has 1 rings (SSSR count). The minimum absolute atomic E-state index is 0. The van der Waals surface area contributed by atoms with Crippen LogP contribution in [0.15, 0.2) is 0 Å². The SMILES string of the molecule is C.CN1CN(C)CN(C)CN(C)C1.C[N-]CN(C)CN(C)C[N-]C.[Re].[Re]. The van der Waals surface area contributed by atoms with Crippen molar-refractivity contribution < 1.29 is 40.8 Å². The van der Waals surface area contributed by atoms with Gasteiger partial charge in [0.1, 0.15) is 0 Å². The van der Waals surface area contributed by atoms with Crippen LogP contribution < -0.4 is 0 Å². The molecule has 1 aliphatic heterocycles. The Morgan fingerprint density at radius 1 is 0.654 bits per heavy atom. The van der Waals surface area contributed by atoms with Crippen molar-refractivity contribution in [2.45, 2.75) is 7.43 Å². The Morgan fingerprint density at radius 3 is 1.08 bits per heavy atom. The van der Waals surface area contributed by atoms with Gasteiger partial charge in [-0.3, -0.25) is 19.6 Å². The second-order valence-electron chi connectivity index (χ2n) is 6.76. The molecule has 2 radical (unpaired) electrons. The van der Waals surface area contributed by atoms with E-state index in [1.807, 2.05) is 28.2 Å². The second-order valence-corrected chi connectivity index (χ2v) is 6.76. The maximum absolute atomic E-state index is 4.02. The molecule has 0 saturated carbocycles. The Hall–Kier alpha value is 1.00. The quantitative estimate of drug-likeness (QED) is 0.382. The average molecular weight is 719 g/mol. The zero-order valence-electron chi connectivity index (χ0n) is 17.3. The van der Waals surface area contributed by atoms with Gasteiger partial charge in [0.15, 0.2) is 0 Å². The van der Waals surface area contributed by atoms with Crippen LogP contribution in [0.3, 0.4) is 0 Å².